The van der Waals surface area contributed by atoms with Crippen LogP contribution in [0.3, 0.4) is 0 Å². The van der Waals surface area contributed by atoms with Crippen molar-refractivity contribution in [1.82, 2.24) is 4.31 Å². The summed E-state index contributed by atoms with van der Waals surface area (Å²) in [5, 5.41) is 2.72. The van der Waals surface area contributed by atoms with Crippen LogP contribution in [0, 0.1) is 17.6 Å². The molecule has 27 heavy (non-hydrogen) atoms. The van der Waals surface area contributed by atoms with Crippen LogP contribution in [-0.2, 0) is 14.8 Å². The van der Waals surface area contributed by atoms with Gasteiger partial charge in [0.1, 0.15) is 16.5 Å². The lowest BCUT2D eigenvalue weighted by molar-refractivity contribution is -0.120. The van der Waals surface area contributed by atoms with Gasteiger partial charge in [0.2, 0.25) is 15.9 Å². The Morgan fingerprint density at radius 3 is 2.37 bits per heavy atom. The van der Waals surface area contributed by atoms with Gasteiger partial charge in [0.05, 0.1) is 5.69 Å². The molecule has 0 aromatic heterocycles. The summed E-state index contributed by atoms with van der Waals surface area (Å²) in [5.41, 5.74) is 0.0193. The van der Waals surface area contributed by atoms with Gasteiger partial charge in [-0.15, -0.1) is 0 Å². The summed E-state index contributed by atoms with van der Waals surface area (Å²) in [6.45, 7) is 0.162. The Bertz CT molecular complexity index is 961. The van der Waals surface area contributed by atoms with E-state index in [2.05, 4.69) is 5.32 Å². The third kappa shape index (κ3) is 4.28. The van der Waals surface area contributed by atoms with Crippen molar-refractivity contribution in [1.29, 1.82) is 0 Å². The SMILES string of the molecule is O=C(Nc1ccc(Cl)cc1F)C1CCN(S(=O)(=O)c2ccccc2F)CC1. The molecule has 0 atom stereocenters. The fourth-order valence-electron chi connectivity index (χ4n) is 2.98. The van der Waals surface area contributed by atoms with Crippen LogP contribution in [0.15, 0.2) is 47.4 Å². The normalized spacial score (nSPS) is 16.3. The summed E-state index contributed by atoms with van der Waals surface area (Å²) in [5.74, 6) is -2.31. The van der Waals surface area contributed by atoms with Crippen molar-refractivity contribution in [2.45, 2.75) is 17.7 Å². The molecule has 9 heteroatoms. The molecule has 0 aliphatic carbocycles. The zero-order valence-corrected chi connectivity index (χ0v) is 15.7. The topological polar surface area (TPSA) is 66.5 Å². The van der Waals surface area contributed by atoms with Crippen LogP contribution in [0.1, 0.15) is 12.8 Å². The molecule has 1 N–H and O–H groups in total. The third-order valence-corrected chi connectivity index (χ3v) is 6.64. The van der Waals surface area contributed by atoms with Crippen LogP contribution in [-0.4, -0.2) is 31.7 Å². The first kappa shape index (κ1) is 19.7. The molecular formula is C18H17ClF2N2O3S. The highest BCUT2D eigenvalue weighted by Crippen LogP contribution is 2.27. The molecule has 1 aliphatic rings. The minimum atomic E-state index is -3.96. The van der Waals surface area contributed by atoms with E-state index in [-0.39, 0.29) is 47.4 Å². The molecule has 2 aromatic rings. The molecule has 1 amide bonds. The van der Waals surface area contributed by atoms with E-state index in [4.69, 9.17) is 11.6 Å². The number of carbonyl (C=O) groups excluding carboxylic acids is 1. The Balaban J connectivity index is 1.65. The Kier molecular flexibility index (Phi) is 5.78. The molecule has 3 rings (SSSR count). The molecule has 0 unspecified atom stereocenters. The van der Waals surface area contributed by atoms with E-state index >= 15 is 0 Å². The Morgan fingerprint density at radius 2 is 1.74 bits per heavy atom. The summed E-state index contributed by atoms with van der Waals surface area (Å²) in [6.07, 6.45) is 0.517. The second-order valence-corrected chi connectivity index (χ2v) is 8.56. The smallest absolute Gasteiger partial charge is 0.245 e. The number of hydrogen-bond donors (Lipinski definition) is 1. The van der Waals surface area contributed by atoms with Crippen molar-refractivity contribution in [3.63, 3.8) is 0 Å². The number of piperidine rings is 1. The number of amides is 1. The van der Waals surface area contributed by atoms with Gasteiger partial charge in [0.25, 0.3) is 0 Å². The molecule has 1 fully saturated rings. The molecule has 1 saturated heterocycles. The number of hydrogen-bond acceptors (Lipinski definition) is 3. The van der Waals surface area contributed by atoms with E-state index in [1.807, 2.05) is 0 Å². The van der Waals surface area contributed by atoms with Gasteiger partial charge in [0, 0.05) is 24.0 Å². The van der Waals surface area contributed by atoms with Crippen LogP contribution in [0.25, 0.3) is 0 Å². The summed E-state index contributed by atoms with van der Waals surface area (Å²) in [4.78, 5) is 12.0. The fourth-order valence-corrected chi connectivity index (χ4v) is 4.67. The molecule has 2 aromatic carbocycles. The van der Waals surface area contributed by atoms with Crippen molar-refractivity contribution in [3.05, 3.63) is 59.1 Å². The first-order chi connectivity index (χ1) is 12.8. The molecule has 1 heterocycles. The van der Waals surface area contributed by atoms with E-state index in [0.29, 0.717) is 0 Å². The van der Waals surface area contributed by atoms with Gasteiger partial charge < -0.3 is 5.32 Å². The average Bonchev–Trinajstić information content (AvgIpc) is 2.64. The summed E-state index contributed by atoms with van der Waals surface area (Å²) >= 11 is 5.68. The highest BCUT2D eigenvalue weighted by atomic mass is 35.5. The molecule has 0 radical (unpaired) electrons. The number of nitrogens with one attached hydrogen (secondary N) is 1. The number of rotatable bonds is 4. The van der Waals surface area contributed by atoms with Gasteiger partial charge in [-0.2, -0.15) is 4.31 Å². The standard InChI is InChI=1S/C18H17ClF2N2O3S/c19-13-5-6-16(15(21)11-13)22-18(24)12-7-9-23(10-8-12)27(25,26)17-4-2-1-3-14(17)20/h1-6,11-12H,7-10H2,(H,22,24). The first-order valence-corrected chi connectivity index (χ1v) is 10.1. The molecule has 144 valence electrons. The second kappa shape index (κ2) is 7.92. The van der Waals surface area contributed by atoms with Crippen LogP contribution in [0.5, 0.6) is 0 Å². The van der Waals surface area contributed by atoms with E-state index in [1.165, 1.54) is 30.3 Å². The van der Waals surface area contributed by atoms with Crippen molar-refractivity contribution in [2.24, 2.45) is 5.92 Å². The molecule has 0 spiro atoms. The second-order valence-electron chi connectivity index (χ2n) is 6.22. The molecule has 0 saturated carbocycles. The predicted molar refractivity (Wildman–Crippen MR) is 97.9 cm³/mol. The van der Waals surface area contributed by atoms with Crippen molar-refractivity contribution in [2.75, 3.05) is 18.4 Å². The predicted octanol–water partition coefficient (Wildman–Crippen LogP) is 3.66. The van der Waals surface area contributed by atoms with Gasteiger partial charge in [-0.1, -0.05) is 23.7 Å². The zero-order chi connectivity index (χ0) is 19.6. The number of carbonyl (C=O) groups is 1. The average molecular weight is 415 g/mol. The number of sulfonamides is 1. The van der Waals surface area contributed by atoms with Gasteiger partial charge in [0.15, 0.2) is 0 Å². The highest BCUT2D eigenvalue weighted by Gasteiger charge is 2.33. The van der Waals surface area contributed by atoms with Gasteiger partial charge in [-0.3, -0.25) is 4.79 Å². The molecular weight excluding hydrogens is 398 g/mol. The maximum Gasteiger partial charge on any atom is 0.245 e. The van der Waals surface area contributed by atoms with E-state index < -0.39 is 27.6 Å². The van der Waals surface area contributed by atoms with E-state index in [1.54, 1.807) is 0 Å². The van der Waals surface area contributed by atoms with Crippen molar-refractivity contribution < 1.29 is 22.0 Å². The number of anilines is 1. The van der Waals surface area contributed by atoms with Gasteiger partial charge in [-0.05, 0) is 43.2 Å². The Hall–Kier alpha value is -2.03. The van der Waals surface area contributed by atoms with Crippen molar-refractivity contribution >= 4 is 33.2 Å². The summed E-state index contributed by atoms with van der Waals surface area (Å²) < 4.78 is 54.0. The molecule has 0 bridgehead atoms. The number of halogens is 3. The van der Waals surface area contributed by atoms with Crippen LogP contribution >= 0.6 is 11.6 Å². The monoisotopic (exact) mass is 414 g/mol. The molecule has 5 nitrogen and oxygen atoms in total. The lowest BCUT2D eigenvalue weighted by Gasteiger charge is -2.30. The number of nitrogens with zero attached hydrogens (tertiary/aromatic N) is 1. The van der Waals surface area contributed by atoms with Gasteiger partial charge >= 0.3 is 0 Å². The first-order valence-electron chi connectivity index (χ1n) is 8.29. The minimum absolute atomic E-state index is 0.0193. The largest absolute Gasteiger partial charge is 0.323 e. The van der Waals surface area contributed by atoms with E-state index in [0.717, 1.165) is 16.4 Å². The highest BCUT2D eigenvalue weighted by molar-refractivity contribution is 7.89. The number of benzene rings is 2. The quantitative estimate of drug-likeness (QED) is 0.830. The Labute approximate surface area is 161 Å². The minimum Gasteiger partial charge on any atom is -0.323 e. The maximum atomic E-state index is 13.8. The lowest BCUT2D eigenvalue weighted by atomic mass is 9.97. The maximum absolute atomic E-state index is 13.8. The summed E-state index contributed by atoms with van der Waals surface area (Å²) in [6, 6.07) is 9.11. The fraction of sp³-hybridized carbons (Fsp3) is 0.278. The van der Waals surface area contributed by atoms with Crippen LogP contribution in [0.4, 0.5) is 14.5 Å². The lowest BCUT2D eigenvalue weighted by Crippen LogP contribution is -2.41. The van der Waals surface area contributed by atoms with Gasteiger partial charge in [-0.25, -0.2) is 17.2 Å². The van der Waals surface area contributed by atoms with Crippen molar-refractivity contribution in [3.8, 4) is 0 Å². The van der Waals surface area contributed by atoms with Crippen LogP contribution in [0.2, 0.25) is 5.02 Å². The third-order valence-electron chi connectivity index (χ3n) is 4.47. The zero-order valence-electron chi connectivity index (χ0n) is 14.2. The Morgan fingerprint density at radius 1 is 1.07 bits per heavy atom. The van der Waals surface area contributed by atoms with E-state index in [9.17, 15) is 22.0 Å². The molecule has 1 aliphatic heterocycles. The van der Waals surface area contributed by atoms with Crippen LogP contribution < -0.4 is 5.32 Å². The summed E-state index contributed by atoms with van der Waals surface area (Å²) in [7, 11) is -3.96.